The highest BCUT2D eigenvalue weighted by Gasteiger charge is 2.19. The third-order valence-corrected chi connectivity index (χ3v) is 11.1. The molecule has 0 radical (unpaired) electrons. The highest BCUT2D eigenvalue weighted by Crippen LogP contribution is 2.12. The maximum atomic E-state index is 12.8. The second kappa shape index (κ2) is 56.1. The van der Waals surface area contributed by atoms with Gasteiger partial charge in [0.25, 0.3) is 0 Å². The molecule has 0 fully saturated rings. The van der Waals surface area contributed by atoms with E-state index in [1.54, 1.807) is 0 Å². The van der Waals surface area contributed by atoms with Gasteiger partial charge < -0.3 is 14.2 Å². The first-order valence-electron chi connectivity index (χ1n) is 27.7. The first-order chi connectivity index (χ1) is 34.0. The summed E-state index contributed by atoms with van der Waals surface area (Å²) >= 11 is 0. The smallest absolute Gasteiger partial charge is 0.306 e. The molecular weight excluding hydrogens is 853 g/mol. The van der Waals surface area contributed by atoms with Gasteiger partial charge in [0.05, 0.1) is 0 Å². The number of carbonyl (C=O) groups is 3. The normalized spacial score (nSPS) is 13.1. The highest BCUT2D eigenvalue weighted by molar-refractivity contribution is 5.71. The number of hydrogen-bond acceptors (Lipinski definition) is 6. The van der Waals surface area contributed by atoms with Crippen LogP contribution in [0.4, 0.5) is 0 Å². The van der Waals surface area contributed by atoms with Crippen LogP contribution in [0.2, 0.25) is 0 Å². The highest BCUT2D eigenvalue weighted by atomic mass is 16.6. The number of allylic oxidation sites excluding steroid dienone is 22. The van der Waals surface area contributed by atoms with Crippen molar-refractivity contribution in [2.24, 2.45) is 0 Å². The van der Waals surface area contributed by atoms with Gasteiger partial charge in [-0.15, -0.1) is 0 Å². The predicted octanol–water partition coefficient (Wildman–Crippen LogP) is 18.6. The fourth-order valence-electron chi connectivity index (χ4n) is 6.96. The molecule has 0 saturated carbocycles. The van der Waals surface area contributed by atoms with Crippen molar-refractivity contribution in [3.63, 3.8) is 0 Å². The number of carbonyl (C=O) groups excluding carboxylic acids is 3. The minimum absolute atomic E-state index is 0.124. The Morgan fingerprint density at radius 1 is 0.304 bits per heavy atom. The van der Waals surface area contributed by atoms with E-state index >= 15 is 0 Å². The summed E-state index contributed by atoms with van der Waals surface area (Å²) in [4.78, 5) is 38.1. The van der Waals surface area contributed by atoms with E-state index in [0.717, 1.165) is 128 Å². The molecule has 1 atom stereocenters. The third kappa shape index (κ3) is 54.4. The van der Waals surface area contributed by atoms with Crippen LogP contribution in [-0.4, -0.2) is 37.2 Å². The molecule has 0 saturated heterocycles. The molecule has 6 heteroatoms. The first kappa shape index (κ1) is 64.5. The predicted molar refractivity (Wildman–Crippen MR) is 297 cm³/mol. The van der Waals surface area contributed by atoms with Crippen molar-refractivity contribution in [1.29, 1.82) is 0 Å². The van der Waals surface area contributed by atoms with Crippen LogP contribution in [-0.2, 0) is 28.6 Å². The van der Waals surface area contributed by atoms with Gasteiger partial charge in [0, 0.05) is 19.3 Å². The number of esters is 3. The Balaban J connectivity index is 4.59. The van der Waals surface area contributed by atoms with E-state index in [9.17, 15) is 14.4 Å². The molecule has 69 heavy (non-hydrogen) atoms. The summed E-state index contributed by atoms with van der Waals surface area (Å²) in [5.74, 6) is -1.03. The fourth-order valence-corrected chi connectivity index (χ4v) is 6.96. The average Bonchev–Trinajstić information content (AvgIpc) is 3.35. The van der Waals surface area contributed by atoms with Crippen molar-refractivity contribution < 1.29 is 28.6 Å². The number of hydrogen-bond donors (Lipinski definition) is 0. The second-order valence-electron chi connectivity index (χ2n) is 17.7. The molecular formula is C63H100O6. The van der Waals surface area contributed by atoms with Gasteiger partial charge in [0.1, 0.15) is 13.2 Å². The molecule has 0 unspecified atom stereocenters. The van der Waals surface area contributed by atoms with Gasteiger partial charge in [-0.3, -0.25) is 14.4 Å². The SMILES string of the molecule is CC/C=C\C/C=C\C/C=C\CCCCCCCC(=O)OC[C@H](COC(=O)CCCCC/C=C\C/C=C\C/C=C\C/C=C\CCCCC)OC(=O)CCC/C=C\C/C=C\C/C=C\C/C=C\CCCCC. The van der Waals surface area contributed by atoms with E-state index in [-0.39, 0.29) is 37.5 Å². The molecule has 0 spiro atoms. The van der Waals surface area contributed by atoms with Gasteiger partial charge in [0.15, 0.2) is 6.10 Å². The molecule has 6 nitrogen and oxygen atoms in total. The quantitative estimate of drug-likeness (QED) is 0.0262. The van der Waals surface area contributed by atoms with Crippen molar-refractivity contribution in [3.05, 3.63) is 134 Å². The van der Waals surface area contributed by atoms with Crippen LogP contribution in [0.3, 0.4) is 0 Å². The minimum atomic E-state index is -0.833. The Morgan fingerprint density at radius 2 is 0.580 bits per heavy atom. The van der Waals surface area contributed by atoms with E-state index in [2.05, 4.69) is 154 Å². The zero-order valence-electron chi connectivity index (χ0n) is 44.3. The van der Waals surface area contributed by atoms with Crippen LogP contribution in [0, 0.1) is 0 Å². The van der Waals surface area contributed by atoms with Gasteiger partial charge in [-0.25, -0.2) is 0 Å². The summed E-state index contributed by atoms with van der Waals surface area (Å²) in [6, 6.07) is 0. The van der Waals surface area contributed by atoms with Gasteiger partial charge in [-0.05, 0) is 135 Å². The maximum Gasteiger partial charge on any atom is 0.306 e. The summed E-state index contributed by atoms with van der Waals surface area (Å²) in [7, 11) is 0. The Bertz CT molecular complexity index is 1510. The monoisotopic (exact) mass is 953 g/mol. The lowest BCUT2D eigenvalue weighted by Crippen LogP contribution is -2.30. The van der Waals surface area contributed by atoms with Crippen LogP contribution >= 0.6 is 0 Å². The van der Waals surface area contributed by atoms with Crippen LogP contribution in [0.5, 0.6) is 0 Å². The van der Waals surface area contributed by atoms with Crippen LogP contribution in [0.25, 0.3) is 0 Å². The Morgan fingerprint density at radius 3 is 0.942 bits per heavy atom. The van der Waals surface area contributed by atoms with E-state index in [0.29, 0.717) is 19.3 Å². The molecule has 0 aromatic rings. The van der Waals surface area contributed by atoms with Crippen LogP contribution in [0.1, 0.15) is 226 Å². The van der Waals surface area contributed by atoms with E-state index in [1.807, 2.05) is 0 Å². The Hall–Kier alpha value is -4.45. The lowest BCUT2D eigenvalue weighted by atomic mass is 10.1. The number of ether oxygens (including phenoxy) is 3. The van der Waals surface area contributed by atoms with Crippen molar-refractivity contribution in [1.82, 2.24) is 0 Å². The molecule has 0 bridgehead atoms. The lowest BCUT2D eigenvalue weighted by Gasteiger charge is -2.18. The summed E-state index contributed by atoms with van der Waals surface area (Å²) in [5, 5.41) is 0. The second-order valence-corrected chi connectivity index (χ2v) is 17.7. The molecule has 0 amide bonds. The molecule has 0 aliphatic carbocycles. The number of unbranched alkanes of at least 4 members (excludes halogenated alkanes) is 15. The van der Waals surface area contributed by atoms with Crippen molar-refractivity contribution in [2.75, 3.05) is 13.2 Å². The first-order valence-corrected chi connectivity index (χ1v) is 27.7. The minimum Gasteiger partial charge on any atom is -0.462 e. The molecule has 0 aromatic carbocycles. The van der Waals surface area contributed by atoms with Gasteiger partial charge >= 0.3 is 17.9 Å². The summed E-state index contributed by atoms with van der Waals surface area (Å²) in [5.41, 5.74) is 0. The summed E-state index contributed by atoms with van der Waals surface area (Å²) < 4.78 is 16.7. The van der Waals surface area contributed by atoms with Crippen LogP contribution in [0.15, 0.2) is 134 Å². The standard InChI is InChI=1S/C63H100O6/c1-4-7-10-13-16-19-22-25-28-30-31-33-35-38-41-44-47-50-53-56-62(65)68-59-60(58-67-61(64)55-52-49-46-43-40-37-34-27-24-21-18-15-12-9-6-3)69-63(66)57-54-51-48-45-42-39-36-32-29-26-23-20-17-14-11-8-5-2/h9,12,16-21,25-29,31,33-34,36,38-39,41,45,48,60H,4-8,10-11,13-15,22-24,30,32,35,37,40,42-44,46-47,49-59H2,1-3H3/b12-9-,19-16-,20-17-,21-18-,28-25-,29-26-,33-31-,34-27-,39-36-,41-38-,48-45-/t60-/m1/s1. The van der Waals surface area contributed by atoms with Gasteiger partial charge in [-0.1, -0.05) is 206 Å². The molecule has 388 valence electrons. The van der Waals surface area contributed by atoms with Crippen LogP contribution < -0.4 is 0 Å². The summed E-state index contributed by atoms with van der Waals surface area (Å²) in [6.45, 7) is 6.37. The van der Waals surface area contributed by atoms with Gasteiger partial charge in [-0.2, -0.15) is 0 Å². The van der Waals surface area contributed by atoms with Crippen molar-refractivity contribution >= 4 is 17.9 Å². The molecule has 0 aliphatic rings. The van der Waals surface area contributed by atoms with E-state index in [1.165, 1.54) is 51.4 Å². The maximum absolute atomic E-state index is 12.8. The Kier molecular flexibility index (Phi) is 52.5. The Labute approximate surface area is 424 Å². The topological polar surface area (TPSA) is 78.9 Å². The zero-order valence-corrected chi connectivity index (χ0v) is 44.3. The molecule has 0 N–H and O–H groups in total. The van der Waals surface area contributed by atoms with E-state index in [4.69, 9.17) is 14.2 Å². The molecule has 0 aromatic heterocycles. The largest absolute Gasteiger partial charge is 0.462 e. The molecule has 0 aliphatic heterocycles. The van der Waals surface area contributed by atoms with Crippen molar-refractivity contribution in [2.45, 2.75) is 232 Å². The zero-order chi connectivity index (χ0) is 50.0. The van der Waals surface area contributed by atoms with E-state index < -0.39 is 6.10 Å². The summed E-state index contributed by atoms with van der Waals surface area (Å²) in [6.07, 6.45) is 78.7. The van der Waals surface area contributed by atoms with Crippen molar-refractivity contribution in [3.8, 4) is 0 Å². The van der Waals surface area contributed by atoms with Gasteiger partial charge in [0.2, 0.25) is 0 Å². The fraction of sp³-hybridized carbons (Fsp3) is 0.603. The molecule has 0 heterocycles. The lowest BCUT2D eigenvalue weighted by molar-refractivity contribution is -0.167. The average molecular weight is 953 g/mol. The molecule has 0 rings (SSSR count). The number of rotatable bonds is 48. The third-order valence-electron chi connectivity index (χ3n) is 11.1.